The first-order chi connectivity index (χ1) is 8.43. The predicted octanol–water partition coefficient (Wildman–Crippen LogP) is 1.89. The van der Waals surface area contributed by atoms with Gasteiger partial charge in [0.1, 0.15) is 12.4 Å². The molecular weight excluding hydrogens is 214 g/mol. The highest BCUT2D eigenvalue weighted by Crippen LogP contribution is 2.25. The van der Waals surface area contributed by atoms with E-state index in [0.717, 1.165) is 38.3 Å². The Morgan fingerprint density at radius 1 is 1.41 bits per heavy atom. The van der Waals surface area contributed by atoms with E-state index >= 15 is 0 Å². The van der Waals surface area contributed by atoms with E-state index < -0.39 is 0 Å². The van der Waals surface area contributed by atoms with Crippen molar-refractivity contribution in [3.8, 4) is 5.75 Å². The zero-order valence-corrected chi connectivity index (χ0v) is 10.1. The van der Waals surface area contributed by atoms with Gasteiger partial charge in [-0.1, -0.05) is 12.1 Å². The molecule has 1 atom stereocenters. The Balaban J connectivity index is 1.69. The highest BCUT2D eigenvalue weighted by Gasteiger charge is 2.18. The minimum atomic E-state index is 0.294. The Kier molecular flexibility index (Phi) is 3.29. The summed E-state index contributed by atoms with van der Waals surface area (Å²) in [4.78, 5) is 0. The second kappa shape index (κ2) is 5.07. The molecule has 1 saturated heterocycles. The topological polar surface area (TPSA) is 30.5 Å². The van der Waals surface area contributed by atoms with Crippen molar-refractivity contribution >= 4 is 0 Å². The largest absolute Gasteiger partial charge is 0.491 e. The number of rotatable bonds is 3. The summed E-state index contributed by atoms with van der Waals surface area (Å²) < 4.78 is 11.5. The van der Waals surface area contributed by atoms with Crippen LogP contribution in [0, 0.1) is 0 Å². The first kappa shape index (κ1) is 11.1. The third kappa shape index (κ3) is 2.45. The van der Waals surface area contributed by atoms with Crippen molar-refractivity contribution in [1.29, 1.82) is 0 Å². The molecule has 2 aliphatic rings. The van der Waals surface area contributed by atoms with Crippen molar-refractivity contribution < 1.29 is 9.47 Å². The fourth-order valence-electron chi connectivity index (χ4n) is 2.58. The lowest BCUT2D eigenvalue weighted by molar-refractivity contribution is 0.0675. The lowest BCUT2D eigenvalue weighted by Crippen LogP contribution is -2.25. The maximum atomic E-state index is 5.92. The Morgan fingerprint density at radius 2 is 2.41 bits per heavy atom. The van der Waals surface area contributed by atoms with Gasteiger partial charge >= 0.3 is 0 Å². The van der Waals surface area contributed by atoms with E-state index in [2.05, 4.69) is 23.5 Å². The predicted molar refractivity (Wildman–Crippen MR) is 66.3 cm³/mol. The van der Waals surface area contributed by atoms with Gasteiger partial charge in [0, 0.05) is 18.7 Å². The quantitative estimate of drug-likeness (QED) is 0.865. The standard InChI is InChI=1S/C14H19NO2/c1-3-11-6-7-15-9-13(11)14(5-1)17-10-12-4-2-8-16-12/h1,3,5,12,15H,2,4,6-10H2. The van der Waals surface area contributed by atoms with Crippen LogP contribution in [0.1, 0.15) is 24.0 Å². The van der Waals surface area contributed by atoms with E-state index in [1.165, 1.54) is 17.5 Å². The van der Waals surface area contributed by atoms with E-state index in [0.29, 0.717) is 12.7 Å². The minimum absolute atomic E-state index is 0.294. The van der Waals surface area contributed by atoms with Crippen LogP contribution in [0.4, 0.5) is 0 Å². The highest BCUT2D eigenvalue weighted by atomic mass is 16.5. The van der Waals surface area contributed by atoms with Crippen LogP contribution < -0.4 is 10.1 Å². The van der Waals surface area contributed by atoms with Gasteiger partial charge in [0.15, 0.2) is 0 Å². The number of nitrogens with one attached hydrogen (secondary N) is 1. The highest BCUT2D eigenvalue weighted by molar-refractivity contribution is 5.41. The average molecular weight is 233 g/mol. The van der Waals surface area contributed by atoms with Crippen LogP contribution in [0.25, 0.3) is 0 Å². The third-order valence-electron chi connectivity index (χ3n) is 3.55. The van der Waals surface area contributed by atoms with Crippen LogP contribution in [0.15, 0.2) is 18.2 Å². The maximum Gasteiger partial charge on any atom is 0.124 e. The summed E-state index contributed by atoms with van der Waals surface area (Å²) >= 11 is 0. The van der Waals surface area contributed by atoms with Crippen molar-refractivity contribution in [2.24, 2.45) is 0 Å². The zero-order chi connectivity index (χ0) is 11.5. The smallest absolute Gasteiger partial charge is 0.124 e. The molecule has 92 valence electrons. The van der Waals surface area contributed by atoms with Crippen LogP contribution in [-0.2, 0) is 17.7 Å². The van der Waals surface area contributed by atoms with Gasteiger partial charge in [-0.3, -0.25) is 0 Å². The molecule has 3 heteroatoms. The van der Waals surface area contributed by atoms with E-state index in [4.69, 9.17) is 9.47 Å². The Hall–Kier alpha value is -1.06. The summed E-state index contributed by atoms with van der Waals surface area (Å²) in [6, 6.07) is 6.37. The molecule has 0 bridgehead atoms. The fourth-order valence-corrected chi connectivity index (χ4v) is 2.58. The number of hydrogen-bond donors (Lipinski definition) is 1. The number of ether oxygens (including phenoxy) is 2. The van der Waals surface area contributed by atoms with Crippen molar-refractivity contribution in [3.05, 3.63) is 29.3 Å². The molecule has 0 amide bonds. The Morgan fingerprint density at radius 3 is 3.29 bits per heavy atom. The van der Waals surface area contributed by atoms with Gasteiger partial charge in [0.05, 0.1) is 6.10 Å². The zero-order valence-electron chi connectivity index (χ0n) is 10.1. The van der Waals surface area contributed by atoms with Crippen LogP contribution in [0.5, 0.6) is 5.75 Å². The Labute approximate surface area is 102 Å². The average Bonchev–Trinajstić information content (AvgIpc) is 2.89. The van der Waals surface area contributed by atoms with E-state index in [9.17, 15) is 0 Å². The first-order valence-corrected chi connectivity index (χ1v) is 6.49. The maximum absolute atomic E-state index is 5.92. The molecule has 0 aromatic heterocycles. The van der Waals surface area contributed by atoms with E-state index in [1.54, 1.807) is 0 Å². The summed E-state index contributed by atoms with van der Waals surface area (Å²) in [5.74, 6) is 1.03. The second-order valence-electron chi connectivity index (χ2n) is 4.77. The summed E-state index contributed by atoms with van der Waals surface area (Å²) in [6.45, 7) is 3.58. The van der Waals surface area contributed by atoms with Crippen LogP contribution in [-0.4, -0.2) is 25.9 Å². The van der Waals surface area contributed by atoms with Gasteiger partial charge in [0.25, 0.3) is 0 Å². The summed E-state index contributed by atoms with van der Waals surface area (Å²) in [5, 5.41) is 3.40. The molecule has 2 heterocycles. The SMILES string of the molecule is c1cc2c(c(OCC3CCCO3)c1)CNCC2. The van der Waals surface area contributed by atoms with Gasteiger partial charge in [-0.2, -0.15) is 0 Å². The van der Waals surface area contributed by atoms with Crippen molar-refractivity contribution in [3.63, 3.8) is 0 Å². The van der Waals surface area contributed by atoms with Crippen LogP contribution >= 0.6 is 0 Å². The molecule has 1 N–H and O–H groups in total. The Bertz CT molecular complexity index is 386. The molecule has 1 fully saturated rings. The molecule has 1 unspecified atom stereocenters. The molecular formula is C14H19NO2. The molecule has 3 rings (SSSR count). The molecule has 0 spiro atoms. The number of benzene rings is 1. The van der Waals surface area contributed by atoms with Crippen molar-refractivity contribution in [2.75, 3.05) is 19.8 Å². The second-order valence-corrected chi connectivity index (χ2v) is 4.77. The van der Waals surface area contributed by atoms with Crippen LogP contribution in [0.3, 0.4) is 0 Å². The normalized spacial score (nSPS) is 23.4. The first-order valence-electron chi connectivity index (χ1n) is 6.49. The molecule has 17 heavy (non-hydrogen) atoms. The van der Waals surface area contributed by atoms with E-state index in [-0.39, 0.29) is 0 Å². The number of fused-ring (bicyclic) bond motifs is 1. The van der Waals surface area contributed by atoms with Gasteiger partial charge in [-0.05, 0) is 37.4 Å². The molecule has 3 nitrogen and oxygen atoms in total. The van der Waals surface area contributed by atoms with Crippen LogP contribution in [0.2, 0.25) is 0 Å². The molecule has 0 radical (unpaired) electrons. The molecule has 1 aromatic carbocycles. The summed E-state index contributed by atoms with van der Waals surface area (Å²) in [7, 11) is 0. The van der Waals surface area contributed by atoms with Gasteiger partial charge < -0.3 is 14.8 Å². The molecule has 2 aliphatic heterocycles. The van der Waals surface area contributed by atoms with Crippen molar-refractivity contribution in [2.45, 2.75) is 31.9 Å². The lowest BCUT2D eigenvalue weighted by atomic mass is 10.0. The minimum Gasteiger partial charge on any atom is -0.491 e. The fraction of sp³-hybridized carbons (Fsp3) is 0.571. The van der Waals surface area contributed by atoms with Gasteiger partial charge in [0.2, 0.25) is 0 Å². The molecule has 1 aromatic rings. The van der Waals surface area contributed by atoms with Gasteiger partial charge in [-0.15, -0.1) is 0 Å². The monoisotopic (exact) mass is 233 g/mol. The van der Waals surface area contributed by atoms with E-state index in [1.807, 2.05) is 0 Å². The molecule has 0 aliphatic carbocycles. The van der Waals surface area contributed by atoms with Gasteiger partial charge in [-0.25, -0.2) is 0 Å². The summed E-state index contributed by atoms with van der Waals surface area (Å²) in [5.41, 5.74) is 2.75. The third-order valence-corrected chi connectivity index (χ3v) is 3.55. The molecule has 0 saturated carbocycles. The lowest BCUT2D eigenvalue weighted by Gasteiger charge is -2.21. The summed E-state index contributed by atoms with van der Waals surface area (Å²) in [6.07, 6.45) is 3.70. The van der Waals surface area contributed by atoms with Crippen molar-refractivity contribution in [1.82, 2.24) is 5.32 Å². The number of hydrogen-bond acceptors (Lipinski definition) is 3.